The predicted octanol–water partition coefficient (Wildman–Crippen LogP) is 4.51. The zero-order chi connectivity index (χ0) is 22.8. The van der Waals surface area contributed by atoms with Crippen LogP contribution in [0.25, 0.3) is 0 Å². The highest BCUT2D eigenvalue weighted by atomic mass is 32.2. The maximum absolute atomic E-state index is 12.8. The van der Waals surface area contributed by atoms with E-state index in [1.807, 2.05) is 13.8 Å². The Morgan fingerprint density at radius 1 is 1.00 bits per heavy atom. The Balaban J connectivity index is 1.84. The second-order valence-corrected chi connectivity index (χ2v) is 9.84. The van der Waals surface area contributed by atoms with Gasteiger partial charge in [-0.1, -0.05) is 23.8 Å². The van der Waals surface area contributed by atoms with E-state index in [0.717, 1.165) is 16.0 Å². The lowest BCUT2D eigenvalue weighted by Gasteiger charge is -2.10. The molecule has 0 atom stereocenters. The van der Waals surface area contributed by atoms with Crippen LogP contribution in [0.1, 0.15) is 36.7 Å². The minimum Gasteiger partial charge on any atom is -0.465 e. The summed E-state index contributed by atoms with van der Waals surface area (Å²) in [6, 6.07) is 12.6. The highest BCUT2D eigenvalue weighted by Gasteiger charge is 2.22. The van der Waals surface area contributed by atoms with Crippen molar-refractivity contribution < 1.29 is 22.7 Å². The van der Waals surface area contributed by atoms with E-state index < -0.39 is 21.9 Å². The van der Waals surface area contributed by atoms with Crippen LogP contribution in [0.4, 0.5) is 10.7 Å². The first kappa shape index (κ1) is 22.5. The molecule has 0 spiro atoms. The largest absolute Gasteiger partial charge is 0.465 e. The van der Waals surface area contributed by atoms with Gasteiger partial charge in [-0.2, -0.15) is 0 Å². The molecule has 0 bridgehead atoms. The summed E-state index contributed by atoms with van der Waals surface area (Å²) in [5.74, 6) is -1.00. The van der Waals surface area contributed by atoms with E-state index in [1.54, 1.807) is 37.3 Å². The minimum absolute atomic E-state index is 0.125. The summed E-state index contributed by atoms with van der Waals surface area (Å²) < 4.78 is 32.5. The Morgan fingerprint density at radius 2 is 1.68 bits per heavy atom. The first-order valence-corrected chi connectivity index (χ1v) is 11.6. The molecule has 9 heteroatoms. The van der Waals surface area contributed by atoms with Gasteiger partial charge in [0.1, 0.15) is 5.00 Å². The van der Waals surface area contributed by atoms with Gasteiger partial charge in [-0.3, -0.25) is 9.52 Å². The summed E-state index contributed by atoms with van der Waals surface area (Å²) in [6.45, 7) is 5.50. The molecule has 0 radical (unpaired) electrons. The maximum Gasteiger partial charge on any atom is 0.341 e. The molecule has 0 aliphatic carbocycles. The van der Waals surface area contributed by atoms with Crippen LogP contribution in [-0.4, -0.2) is 27.4 Å². The van der Waals surface area contributed by atoms with E-state index in [-0.39, 0.29) is 16.1 Å². The second kappa shape index (κ2) is 8.91. The normalized spacial score (nSPS) is 11.1. The van der Waals surface area contributed by atoms with Crippen LogP contribution < -0.4 is 10.0 Å². The van der Waals surface area contributed by atoms with Gasteiger partial charge in [0.2, 0.25) is 0 Å². The first-order chi connectivity index (χ1) is 14.6. The summed E-state index contributed by atoms with van der Waals surface area (Å²) in [4.78, 5) is 25.9. The molecular formula is C22H22N2O5S2. The van der Waals surface area contributed by atoms with Crippen molar-refractivity contribution in [2.75, 3.05) is 17.1 Å². The van der Waals surface area contributed by atoms with Crippen molar-refractivity contribution in [2.24, 2.45) is 0 Å². The van der Waals surface area contributed by atoms with Crippen LogP contribution in [0.3, 0.4) is 0 Å². The highest BCUT2D eigenvalue weighted by molar-refractivity contribution is 7.92. The molecule has 1 amide bonds. The fourth-order valence-corrected chi connectivity index (χ4v) is 4.99. The zero-order valence-corrected chi connectivity index (χ0v) is 19.1. The minimum atomic E-state index is -3.80. The van der Waals surface area contributed by atoms with Crippen molar-refractivity contribution in [3.05, 3.63) is 75.7 Å². The molecule has 0 fully saturated rings. The number of sulfonamides is 1. The number of esters is 1. The van der Waals surface area contributed by atoms with Crippen LogP contribution in [0.2, 0.25) is 0 Å². The number of carbonyl (C=O) groups is 2. The maximum atomic E-state index is 12.8. The van der Waals surface area contributed by atoms with Crippen LogP contribution in [0.15, 0.2) is 53.4 Å². The smallest absolute Gasteiger partial charge is 0.341 e. The summed E-state index contributed by atoms with van der Waals surface area (Å²) in [5, 5.41) is 3.12. The third-order valence-corrected chi connectivity index (χ3v) is 7.23. The van der Waals surface area contributed by atoms with Gasteiger partial charge in [0.15, 0.2) is 0 Å². The molecule has 1 heterocycles. The summed E-state index contributed by atoms with van der Waals surface area (Å²) >= 11 is 1.28. The Kier molecular flexibility index (Phi) is 6.47. The van der Waals surface area contributed by atoms with Crippen molar-refractivity contribution in [2.45, 2.75) is 25.7 Å². The average molecular weight is 459 g/mol. The Hall–Kier alpha value is -3.17. The second-order valence-electron chi connectivity index (χ2n) is 6.93. The van der Waals surface area contributed by atoms with Crippen LogP contribution in [0, 0.1) is 20.8 Å². The molecule has 0 aliphatic rings. The molecule has 2 N–H and O–H groups in total. The Labute approximate surface area is 185 Å². The van der Waals surface area contributed by atoms with Crippen molar-refractivity contribution in [3.8, 4) is 0 Å². The third-order valence-electron chi connectivity index (χ3n) is 4.71. The summed E-state index contributed by atoms with van der Waals surface area (Å²) in [5.41, 5.74) is 2.49. The standard InChI is InChI=1S/C22H22N2O5S2/c1-13-8-10-18(11-9-13)31(27,28)24-17-7-5-6-16(12-17)20(25)23-21-19(22(26)29-4)14(2)15(3)30-21/h5-12,24H,1-4H3,(H,23,25). The number of anilines is 2. The molecule has 3 rings (SSSR count). The number of nitrogens with one attached hydrogen (secondary N) is 2. The van der Waals surface area contributed by atoms with E-state index in [9.17, 15) is 18.0 Å². The van der Waals surface area contributed by atoms with Gasteiger partial charge in [-0.15, -0.1) is 11.3 Å². The Morgan fingerprint density at radius 3 is 2.32 bits per heavy atom. The van der Waals surface area contributed by atoms with Crippen molar-refractivity contribution in [1.82, 2.24) is 0 Å². The zero-order valence-electron chi connectivity index (χ0n) is 17.5. The molecule has 0 unspecified atom stereocenters. The van der Waals surface area contributed by atoms with Crippen LogP contribution in [0.5, 0.6) is 0 Å². The number of rotatable bonds is 6. The lowest BCUT2D eigenvalue weighted by Crippen LogP contribution is -2.16. The van der Waals surface area contributed by atoms with E-state index in [4.69, 9.17) is 4.74 Å². The van der Waals surface area contributed by atoms with Gasteiger partial charge in [-0.05, 0) is 56.7 Å². The molecular weight excluding hydrogens is 436 g/mol. The van der Waals surface area contributed by atoms with Gasteiger partial charge in [-0.25, -0.2) is 13.2 Å². The van der Waals surface area contributed by atoms with Gasteiger partial charge < -0.3 is 10.1 Å². The number of hydrogen-bond acceptors (Lipinski definition) is 6. The number of methoxy groups -OCH3 is 1. The number of hydrogen-bond donors (Lipinski definition) is 2. The topological polar surface area (TPSA) is 102 Å². The number of thiophene rings is 1. The molecule has 3 aromatic rings. The third kappa shape index (κ3) is 4.95. The number of aryl methyl sites for hydroxylation is 2. The quantitative estimate of drug-likeness (QED) is 0.529. The molecule has 1 aromatic heterocycles. The lowest BCUT2D eigenvalue weighted by molar-refractivity contribution is 0.0601. The monoisotopic (exact) mass is 458 g/mol. The van der Waals surface area contributed by atoms with Gasteiger partial charge in [0, 0.05) is 16.1 Å². The highest BCUT2D eigenvalue weighted by Crippen LogP contribution is 2.33. The number of ether oxygens (including phenoxy) is 1. The van der Waals surface area contributed by atoms with Crippen molar-refractivity contribution in [1.29, 1.82) is 0 Å². The van der Waals surface area contributed by atoms with Crippen LogP contribution in [-0.2, 0) is 14.8 Å². The molecule has 31 heavy (non-hydrogen) atoms. The Bertz CT molecular complexity index is 1250. The summed E-state index contributed by atoms with van der Waals surface area (Å²) in [6.07, 6.45) is 0. The average Bonchev–Trinajstić information content (AvgIpc) is 3.00. The lowest BCUT2D eigenvalue weighted by atomic mass is 10.1. The van der Waals surface area contributed by atoms with Crippen LogP contribution >= 0.6 is 11.3 Å². The van der Waals surface area contributed by atoms with Crippen molar-refractivity contribution in [3.63, 3.8) is 0 Å². The van der Waals surface area contributed by atoms with Gasteiger partial charge in [0.05, 0.1) is 17.6 Å². The molecule has 0 saturated heterocycles. The fourth-order valence-electron chi connectivity index (χ4n) is 2.89. The number of benzene rings is 2. The van der Waals surface area contributed by atoms with E-state index in [1.165, 1.54) is 36.6 Å². The van der Waals surface area contributed by atoms with E-state index >= 15 is 0 Å². The molecule has 162 valence electrons. The van der Waals surface area contributed by atoms with E-state index in [2.05, 4.69) is 10.0 Å². The molecule has 7 nitrogen and oxygen atoms in total. The first-order valence-electron chi connectivity index (χ1n) is 9.31. The fraction of sp³-hybridized carbons (Fsp3) is 0.182. The van der Waals surface area contributed by atoms with Crippen molar-refractivity contribution >= 4 is 43.9 Å². The SMILES string of the molecule is COC(=O)c1c(NC(=O)c2cccc(NS(=O)(=O)c3ccc(C)cc3)c2)sc(C)c1C. The van der Waals surface area contributed by atoms with Gasteiger partial charge in [0.25, 0.3) is 15.9 Å². The molecule has 2 aromatic carbocycles. The molecule has 0 aliphatic heterocycles. The van der Waals surface area contributed by atoms with Gasteiger partial charge >= 0.3 is 5.97 Å². The number of amides is 1. The summed E-state index contributed by atoms with van der Waals surface area (Å²) in [7, 11) is -2.51. The number of carbonyl (C=O) groups excluding carboxylic acids is 2. The predicted molar refractivity (Wildman–Crippen MR) is 122 cm³/mol. The molecule has 0 saturated carbocycles. The van der Waals surface area contributed by atoms with E-state index in [0.29, 0.717) is 10.6 Å².